The van der Waals surface area contributed by atoms with Gasteiger partial charge < -0.3 is 24.9 Å². The summed E-state index contributed by atoms with van der Waals surface area (Å²) >= 11 is 0. The van der Waals surface area contributed by atoms with Crippen LogP contribution in [-0.2, 0) is 14.3 Å². The van der Waals surface area contributed by atoms with Gasteiger partial charge >= 0.3 is 12.2 Å². The van der Waals surface area contributed by atoms with Crippen molar-refractivity contribution >= 4 is 23.6 Å². The van der Waals surface area contributed by atoms with Crippen molar-refractivity contribution in [3.8, 4) is 11.3 Å². The average Bonchev–Trinajstić information content (AvgIpc) is 3.22. The molecule has 2 heterocycles. The molecule has 34 heavy (non-hydrogen) atoms. The second-order valence-corrected chi connectivity index (χ2v) is 7.01. The van der Waals surface area contributed by atoms with Crippen molar-refractivity contribution in [2.45, 2.75) is 6.18 Å². The van der Waals surface area contributed by atoms with Crippen molar-refractivity contribution in [1.82, 2.24) is 14.7 Å². The summed E-state index contributed by atoms with van der Waals surface area (Å²) in [5.41, 5.74) is 3.24. The summed E-state index contributed by atoms with van der Waals surface area (Å²) in [6.07, 6.45) is 0.549. The largest absolute Gasteiger partial charge is 0.405 e. The van der Waals surface area contributed by atoms with Crippen LogP contribution in [0.15, 0.2) is 53.9 Å². The second-order valence-electron chi connectivity index (χ2n) is 7.01. The number of alkyl halides is 3. The van der Waals surface area contributed by atoms with Crippen molar-refractivity contribution in [1.29, 1.82) is 0 Å². The van der Waals surface area contributed by atoms with Crippen LogP contribution in [-0.4, -0.2) is 67.9 Å². The Hall–Kier alpha value is -3.64. The molecule has 2 amide bonds. The molecule has 2 aromatic heterocycles. The number of carbonyl (C=O) groups excluding carboxylic acids is 1. The van der Waals surface area contributed by atoms with E-state index in [-0.39, 0.29) is 0 Å². The van der Waals surface area contributed by atoms with E-state index < -0.39 is 18.8 Å². The number of rotatable bonds is 11. The predicted molar refractivity (Wildman–Crippen MR) is 120 cm³/mol. The first-order valence-electron chi connectivity index (χ1n) is 10.3. The van der Waals surface area contributed by atoms with Gasteiger partial charge in [-0.15, -0.1) is 0 Å². The Morgan fingerprint density at radius 3 is 2.79 bits per heavy atom. The topological polar surface area (TPSA) is 98.5 Å². The number of nitrogens with zero attached hydrogens (tertiary/aromatic N) is 3. The maximum Gasteiger partial charge on any atom is 0.405 e. The molecule has 0 atom stereocenters. The Bertz CT molecular complexity index is 1120. The molecule has 0 aliphatic carbocycles. The molecule has 0 aliphatic heterocycles. The summed E-state index contributed by atoms with van der Waals surface area (Å²) in [7, 11) is 1.60. The molecule has 0 aliphatic rings. The molecule has 0 saturated carbocycles. The van der Waals surface area contributed by atoms with Crippen LogP contribution in [0.5, 0.6) is 0 Å². The molecular formula is C22H24F3N5O4. The summed E-state index contributed by atoms with van der Waals surface area (Å²) in [5.74, 6) is 0. The van der Waals surface area contributed by atoms with Gasteiger partial charge in [-0.25, -0.2) is 9.78 Å². The molecular weight excluding hydrogens is 455 g/mol. The van der Waals surface area contributed by atoms with E-state index in [0.29, 0.717) is 37.8 Å². The van der Waals surface area contributed by atoms with Crippen LogP contribution >= 0.6 is 0 Å². The number of ether oxygens (including phenoxy) is 2. The fourth-order valence-corrected chi connectivity index (χ4v) is 2.89. The normalized spacial score (nSPS) is 11.8. The number of urea groups is 1. The van der Waals surface area contributed by atoms with Crippen LogP contribution in [0.1, 0.15) is 5.56 Å². The number of hydrogen-bond donors (Lipinski definition) is 2. The van der Waals surface area contributed by atoms with Gasteiger partial charge in [0.25, 0.3) is 0 Å². The van der Waals surface area contributed by atoms with Crippen molar-refractivity contribution in [2.75, 3.05) is 45.4 Å². The van der Waals surface area contributed by atoms with Gasteiger partial charge in [0.05, 0.1) is 37.9 Å². The van der Waals surface area contributed by atoms with Gasteiger partial charge in [-0.2, -0.15) is 13.2 Å². The zero-order valence-corrected chi connectivity index (χ0v) is 18.3. The minimum absolute atomic E-state index is 0.314. The van der Waals surface area contributed by atoms with Crippen LogP contribution < -0.4 is 10.6 Å². The predicted octanol–water partition coefficient (Wildman–Crippen LogP) is 3.70. The van der Waals surface area contributed by atoms with Crippen molar-refractivity contribution in [3.05, 3.63) is 54.4 Å². The lowest BCUT2D eigenvalue weighted by atomic mass is 10.1. The van der Waals surface area contributed by atoms with Crippen LogP contribution in [0, 0.1) is 0 Å². The van der Waals surface area contributed by atoms with Gasteiger partial charge in [-0.3, -0.25) is 4.40 Å². The fraction of sp³-hybridized carbons (Fsp3) is 0.318. The van der Waals surface area contributed by atoms with Gasteiger partial charge in [0.2, 0.25) is 0 Å². The minimum atomic E-state index is -4.48. The summed E-state index contributed by atoms with van der Waals surface area (Å²) in [6, 6.07) is 9.42. The number of halogens is 3. The van der Waals surface area contributed by atoms with Gasteiger partial charge in [0.1, 0.15) is 18.8 Å². The highest BCUT2D eigenvalue weighted by Crippen LogP contribution is 2.24. The monoisotopic (exact) mass is 479 g/mol. The first-order valence-corrected chi connectivity index (χ1v) is 10.3. The number of oxime groups is 1. The number of aromatic nitrogens is 2. The van der Waals surface area contributed by atoms with Gasteiger partial charge in [0.15, 0.2) is 0 Å². The van der Waals surface area contributed by atoms with Crippen molar-refractivity contribution in [3.63, 3.8) is 0 Å². The first kappa shape index (κ1) is 25.0. The summed E-state index contributed by atoms with van der Waals surface area (Å²) in [5, 5.41) is 8.08. The Morgan fingerprint density at radius 1 is 1.18 bits per heavy atom. The van der Waals surface area contributed by atoms with E-state index in [9.17, 15) is 18.0 Å². The molecule has 2 N–H and O–H groups in total. The number of fused-ring (bicyclic) bond motifs is 1. The summed E-state index contributed by atoms with van der Waals surface area (Å²) < 4.78 is 48.8. The average molecular weight is 479 g/mol. The van der Waals surface area contributed by atoms with E-state index >= 15 is 0 Å². The third-order valence-electron chi connectivity index (χ3n) is 4.43. The maximum absolute atomic E-state index is 12.3. The molecule has 9 nitrogen and oxygen atoms in total. The number of amides is 2. The van der Waals surface area contributed by atoms with Gasteiger partial charge in [0, 0.05) is 30.1 Å². The number of hydrogen-bond acceptors (Lipinski definition) is 6. The molecule has 0 bridgehead atoms. The number of nitrogens with one attached hydrogen (secondary N) is 2. The summed E-state index contributed by atoms with van der Waals surface area (Å²) in [4.78, 5) is 21.3. The quantitative estimate of drug-likeness (QED) is 0.248. The van der Waals surface area contributed by atoms with Crippen molar-refractivity contribution in [2.24, 2.45) is 5.16 Å². The zero-order valence-electron chi connectivity index (χ0n) is 18.3. The number of anilines is 1. The molecule has 3 aromatic rings. The Morgan fingerprint density at radius 2 is 2.00 bits per heavy atom. The third kappa shape index (κ3) is 7.74. The maximum atomic E-state index is 12.3. The van der Waals surface area contributed by atoms with Crippen LogP contribution in [0.3, 0.4) is 0 Å². The molecule has 0 fully saturated rings. The molecule has 0 saturated heterocycles. The standard InChI is InChI=1S/C22H24F3N5O4/c1-32-7-8-33-9-10-34-28-13-16-5-6-30-19(14-26-20(30)11-16)17-3-2-4-18(12-17)29-21(31)27-15-22(23,24)25/h2-6,11-14H,7-10,15H2,1H3,(H2,27,29,31). The number of imidazole rings is 1. The minimum Gasteiger partial charge on any atom is -0.393 e. The van der Waals surface area contributed by atoms with Crippen LogP contribution in [0.2, 0.25) is 0 Å². The van der Waals surface area contributed by atoms with Crippen molar-refractivity contribution < 1.29 is 32.3 Å². The Balaban J connectivity index is 1.61. The first-order chi connectivity index (χ1) is 16.4. The highest BCUT2D eigenvalue weighted by Gasteiger charge is 2.27. The van der Waals surface area contributed by atoms with Gasteiger partial charge in [-0.1, -0.05) is 17.3 Å². The number of pyridine rings is 1. The number of carbonyl (C=O) groups is 1. The van der Waals surface area contributed by atoms with E-state index in [1.807, 2.05) is 22.7 Å². The smallest absolute Gasteiger partial charge is 0.393 e. The van der Waals surface area contributed by atoms with Gasteiger partial charge in [-0.05, 0) is 24.3 Å². The molecule has 182 valence electrons. The Kier molecular flexibility index (Phi) is 8.82. The SMILES string of the molecule is COCCOCCON=Cc1ccn2c(-c3cccc(NC(=O)NCC(F)(F)F)c3)cnc2c1. The molecule has 0 radical (unpaired) electrons. The van der Waals surface area contributed by atoms with E-state index in [0.717, 1.165) is 16.8 Å². The third-order valence-corrected chi connectivity index (χ3v) is 4.43. The number of methoxy groups -OCH3 is 1. The van der Waals surface area contributed by atoms with E-state index in [2.05, 4.69) is 15.5 Å². The summed E-state index contributed by atoms with van der Waals surface area (Å²) in [6.45, 7) is 0.320. The molecule has 0 unspecified atom stereocenters. The molecule has 3 rings (SSSR count). The second kappa shape index (κ2) is 12.0. The highest BCUT2D eigenvalue weighted by molar-refractivity contribution is 5.90. The van der Waals surface area contributed by atoms with E-state index in [1.54, 1.807) is 49.1 Å². The molecule has 1 aromatic carbocycles. The number of benzene rings is 1. The molecule has 0 spiro atoms. The fourth-order valence-electron chi connectivity index (χ4n) is 2.89. The lowest BCUT2D eigenvalue weighted by Crippen LogP contribution is -2.36. The highest BCUT2D eigenvalue weighted by atomic mass is 19.4. The lowest BCUT2D eigenvalue weighted by Gasteiger charge is -2.10. The van der Waals surface area contributed by atoms with E-state index in [4.69, 9.17) is 14.3 Å². The lowest BCUT2D eigenvalue weighted by molar-refractivity contribution is -0.122. The Labute approximate surface area is 193 Å². The van der Waals surface area contributed by atoms with Crippen LogP contribution in [0.25, 0.3) is 16.9 Å². The zero-order chi connectivity index (χ0) is 24.4. The molecule has 12 heteroatoms. The van der Waals surface area contributed by atoms with Crippen LogP contribution in [0.4, 0.5) is 23.7 Å². The van der Waals surface area contributed by atoms with E-state index in [1.165, 1.54) is 0 Å².